The Morgan fingerprint density at radius 3 is 2.46 bits per heavy atom. The van der Waals surface area contributed by atoms with Crippen LogP contribution in [-0.4, -0.2) is 73.4 Å². The molecule has 256 valence electrons. The van der Waals surface area contributed by atoms with Gasteiger partial charge in [-0.05, 0) is 51.5 Å². The van der Waals surface area contributed by atoms with Crippen LogP contribution in [0.15, 0.2) is 58.5 Å². The molecule has 2 bridgehead atoms. The third kappa shape index (κ3) is 11.1. The number of hydrogen-bond acceptors (Lipinski definition) is 9. The van der Waals surface area contributed by atoms with Gasteiger partial charge in [-0.1, -0.05) is 64.3 Å². The molecule has 0 aromatic rings. The van der Waals surface area contributed by atoms with E-state index in [4.69, 9.17) is 19.9 Å². The van der Waals surface area contributed by atoms with Crippen LogP contribution in [0, 0.1) is 11.8 Å². The molecule has 1 heterocycles. The number of methoxy groups -OCH3 is 2. The lowest BCUT2D eigenvalue weighted by molar-refractivity contribution is -0.120. The van der Waals surface area contributed by atoms with E-state index in [0.717, 1.165) is 25.7 Å². The zero-order chi connectivity index (χ0) is 34.6. The minimum absolute atomic E-state index is 0.0395. The van der Waals surface area contributed by atoms with Gasteiger partial charge in [-0.2, -0.15) is 0 Å². The molecule has 2 amide bonds. The molecule has 0 aromatic heterocycles. The quantitative estimate of drug-likeness (QED) is 0.163. The summed E-state index contributed by atoms with van der Waals surface area (Å²) >= 11 is 0. The number of Topliss-reactive ketones (excluding diaryl/α,β-unsaturated/α-hetero) is 1. The molecule has 5 N–H and O–H groups in total. The zero-order valence-corrected chi connectivity index (χ0v) is 28.6. The number of ether oxygens (including phenoxy) is 3. The van der Waals surface area contributed by atoms with Gasteiger partial charge in [0.1, 0.15) is 6.10 Å². The second-order valence-corrected chi connectivity index (χ2v) is 12.5. The van der Waals surface area contributed by atoms with Crippen molar-refractivity contribution in [3.8, 4) is 0 Å². The maximum atomic E-state index is 13.8. The number of ketones is 2. The van der Waals surface area contributed by atoms with Crippen molar-refractivity contribution in [3.05, 3.63) is 58.5 Å². The summed E-state index contributed by atoms with van der Waals surface area (Å²) < 4.78 is 16.7. The normalized spacial score (nSPS) is 30.7. The van der Waals surface area contributed by atoms with E-state index in [9.17, 15) is 24.3 Å². The molecular weight excluding hydrogens is 590 g/mol. The monoisotopic (exact) mass is 643 g/mol. The van der Waals surface area contributed by atoms with E-state index in [0.29, 0.717) is 17.6 Å². The summed E-state index contributed by atoms with van der Waals surface area (Å²) in [6.45, 7) is 11.2. The number of nitrogens with two attached hydrogens (primary N) is 1. The van der Waals surface area contributed by atoms with Gasteiger partial charge in [0.2, 0.25) is 11.6 Å². The zero-order valence-electron chi connectivity index (χ0n) is 28.6. The van der Waals surface area contributed by atoms with Crippen LogP contribution in [0.4, 0.5) is 4.79 Å². The predicted octanol–water partition coefficient (Wildman–Crippen LogP) is 4.32. The Hall–Kier alpha value is -3.54. The number of aliphatic hydroxyl groups is 1. The van der Waals surface area contributed by atoms with E-state index < -0.39 is 48.1 Å². The lowest BCUT2D eigenvalue weighted by Gasteiger charge is -2.30. The molecule has 11 nitrogen and oxygen atoms in total. The first-order valence-electron chi connectivity index (χ1n) is 16.1. The van der Waals surface area contributed by atoms with Crippen molar-refractivity contribution < 1.29 is 38.5 Å². The first kappa shape index (κ1) is 38.6. The van der Waals surface area contributed by atoms with Gasteiger partial charge in [0.05, 0.1) is 23.6 Å². The largest absolute Gasteiger partial charge is 0.439 e. The number of fused-ring (bicyclic) bond motifs is 2. The molecule has 0 radical (unpaired) electrons. The van der Waals surface area contributed by atoms with E-state index >= 15 is 0 Å². The van der Waals surface area contributed by atoms with Crippen LogP contribution in [0.2, 0.25) is 0 Å². The molecule has 1 unspecified atom stereocenters. The fourth-order valence-electron chi connectivity index (χ4n) is 5.76. The first-order chi connectivity index (χ1) is 21.7. The average Bonchev–Trinajstić information content (AvgIpc) is 3.00. The third-order valence-corrected chi connectivity index (χ3v) is 8.42. The van der Waals surface area contributed by atoms with Gasteiger partial charge < -0.3 is 35.7 Å². The second kappa shape index (κ2) is 18.6. The molecule has 0 saturated carbocycles. The highest BCUT2D eigenvalue weighted by atomic mass is 16.6. The Kier molecular flexibility index (Phi) is 15.6. The van der Waals surface area contributed by atoms with E-state index in [1.54, 1.807) is 32.1 Å². The van der Waals surface area contributed by atoms with Gasteiger partial charge in [0, 0.05) is 43.4 Å². The second-order valence-electron chi connectivity index (χ2n) is 12.5. The van der Waals surface area contributed by atoms with Crippen molar-refractivity contribution in [1.82, 2.24) is 10.6 Å². The molecular formula is C35H53N3O8. The molecule has 2 aliphatic rings. The van der Waals surface area contributed by atoms with Crippen molar-refractivity contribution in [2.24, 2.45) is 17.6 Å². The van der Waals surface area contributed by atoms with Crippen LogP contribution >= 0.6 is 0 Å². The summed E-state index contributed by atoms with van der Waals surface area (Å²) in [5.41, 5.74) is 6.66. The first-order valence-corrected chi connectivity index (χ1v) is 16.1. The molecule has 1 aliphatic heterocycles. The van der Waals surface area contributed by atoms with Gasteiger partial charge in [-0.25, -0.2) is 4.79 Å². The highest BCUT2D eigenvalue weighted by Crippen LogP contribution is 2.29. The van der Waals surface area contributed by atoms with Crippen molar-refractivity contribution in [2.75, 3.05) is 14.2 Å². The van der Waals surface area contributed by atoms with Crippen LogP contribution in [0.1, 0.15) is 80.1 Å². The summed E-state index contributed by atoms with van der Waals surface area (Å²) in [5, 5.41) is 17.2. The summed E-state index contributed by atoms with van der Waals surface area (Å²) in [7, 11) is 2.95. The molecule has 0 fully saturated rings. The number of aliphatic hydroxyl groups excluding tert-OH is 1. The standard InChI is InChI=1S/C35H53N3O8/c1-9-10-11-14-24(6)37-30-25-16-20(2)17-29(45-8)31(40)22(4)18-23(5)33(46-35(36)43)28(44-7)15-12-13-21(3)34(42)38-26(32(25)41)19-27(30)39/h12-13,15,18-20,22,24,28-29,31,33,37,40H,9-11,14,16-17H2,1-8H3,(H2,36,43)(H,38,42)/b15-12-,21-13-,23-18-/t20-,22+,24?,28+,29+,31-,33+/m1/s1. The van der Waals surface area contributed by atoms with E-state index in [1.807, 2.05) is 20.8 Å². The van der Waals surface area contributed by atoms with Crippen LogP contribution < -0.4 is 16.4 Å². The van der Waals surface area contributed by atoms with E-state index in [-0.39, 0.29) is 41.1 Å². The Bertz CT molecular complexity index is 1260. The van der Waals surface area contributed by atoms with Crippen molar-refractivity contribution in [3.63, 3.8) is 0 Å². The number of allylic oxidation sites excluding steroid dienone is 4. The number of carbonyl (C=O) groups excluding carboxylic acids is 4. The smallest absolute Gasteiger partial charge is 0.405 e. The third-order valence-electron chi connectivity index (χ3n) is 8.42. The fourth-order valence-corrected chi connectivity index (χ4v) is 5.76. The summed E-state index contributed by atoms with van der Waals surface area (Å²) in [4.78, 5) is 52.2. The highest BCUT2D eigenvalue weighted by Gasteiger charge is 2.34. The number of nitrogens with one attached hydrogen (secondary N) is 2. The van der Waals surface area contributed by atoms with E-state index in [2.05, 4.69) is 17.6 Å². The number of rotatable bonds is 9. The molecule has 1 aliphatic carbocycles. The number of amides is 2. The molecule has 11 heteroatoms. The van der Waals surface area contributed by atoms with Gasteiger partial charge in [0.25, 0.3) is 5.91 Å². The van der Waals surface area contributed by atoms with Gasteiger partial charge >= 0.3 is 6.09 Å². The van der Waals surface area contributed by atoms with Crippen LogP contribution in [0.25, 0.3) is 0 Å². The van der Waals surface area contributed by atoms with Gasteiger partial charge in [-0.3, -0.25) is 14.4 Å². The molecule has 0 saturated heterocycles. The molecule has 7 atom stereocenters. The average molecular weight is 644 g/mol. The predicted molar refractivity (Wildman–Crippen MR) is 176 cm³/mol. The number of hydrogen-bond donors (Lipinski definition) is 4. The van der Waals surface area contributed by atoms with Gasteiger partial charge in [0.15, 0.2) is 6.10 Å². The van der Waals surface area contributed by atoms with Crippen LogP contribution in [0.3, 0.4) is 0 Å². The van der Waals surface area contributed by atoms with Gasteiger partial charge in [-0.15, -0.1) is 0 Å². The van der Waals surface area contributed by atoms with Crippen molar-refractivity contribution >= 4 is 23.6 Å². The highest BCUT2D eigenvalue weighted by molar-refractivity contribution is 6.23. The van der Waals surface area contributed by atoms with Crippen LogP contribution in [-0.2, 0) is 28.6 Å². The number of primary amides is 1. The lowest BCUT2D eigenvalue weighted by Crippen LogP contribution is -2.39. The van der Waals surface area contributed by atoms with E-state index in [1.165, 1.54) is 26.4 Å². The number of unbranched alkanes of at least 4 members (excludes halogenated alkanes) is 2. The number of carbonyl (C=O) groups is 4. The van der Waals surface area contributed by atoms with Crippen LogP contribution in [0.5, 0.6) is 0 Å². The SMILES string of the molecule is CCCCCC(C)NC1=C2C[C@@H](C)C[C@H](OC)[C@H](O)[C@@H](C)/C=C(/C)[C@H](OC(N)=O)[C@@H](OC)/C=C\C=C(\C)C(=O)NC(=CC1=O)C2=O. The molecule has 2 rings (SSSR count). The Morgan fingerprint density at radius 2 is 1.85 bits per heavy atom. The molecule has 0 spiro atoms. The summed E-state index contributed by atoms with van der Waals surface area (Å²) in [5.74, 6) is -2.00. The maximum absolute atomic E-state index is 13.8. The summed E-state index contributed by atoms with van der Waals surface area (Å²) in [6.07, 6.45) is 7.95. The van der Waals surface area contributed by atoms with Crippen molar-refractivity contribution in [2.45, 2.75) is 111 Å². The minimum atomic E-state index is -0.994. The topological polar surface area (TPSA) is 166 Å². The minimum Gasteiger partial charge on any atom is -0.439 e. The Balaban J connectivity index is 2.60. The Morgan fingerprint density at radius 1 is 1.15 bits per heavy atom. The lowest BCUT2D eigenvalue weighted by atomic mass is 9.85. The van der Waals surface area contributed by atoms with Crippen molar-refractivity contribution in [1.29, 1.82) is 0 Å². The Labute approximate surface area is 273 Å². The fraction of sp³-hybridized carbons (Fsp3) is 0.600. The summed E-state index contributed by atoms with van der Waals surface area (Å²) in [6, 6.07) is -0.0395. The molecule has 46 heavy (non-hydrogen) atoms. The maximum Gasteiger partial charge on any atom is 0.405 e. The molecule has 0 aromatic carbocycles.